The van der Waals surface area contributed by atoms with E-state index in [0.29, 0.717) is 24.5 Å². The summed E-state index contributed by atoms with van der Waals surface area (Å²) >= 11 is 0. The molecule has 1 aliphatic heterocycles. The van der Waals surface area contributed by atoms with Crippen molar-refractivity contribution in [1.29, 1.82) is 0 Å². The molecule has 16 heavy (non-hydrogen) atoms. The Kier molecular flexibility index (Phi) is 3.03. The lowest BCUT2D eigenvalue weighted by atomic mass is 10.1. The quantitative estimate of drug-likeness (QED) is 0.838. The van der Waals surface area contributed by atoms with E-state index in [-0.39, 0.29) is 17.4 Å². The second-order valence-electron chi connectivity index (χ2n) is 4.32. The van der Waals surface area contributed by atoms with Crippen molar-refractivity contribution in [3.63, 3.8) is 0 Å². The van der Waals surface area contributed by atoms with Crippen LogP contribution in [0.2, 0.25) is 0 Å². The van der Waals surface area contributed by atoms with Crippen LogP contribution in [0.3, 0.4) is 0 Å². The molecule has 0 aromatic carbocycles. The Bertz CT molecular complexity index is 463. The van der Waals surface area contributed by atoms with E-state index in [9.17, 15) is 13.5 Å². The van der Waals surface area contributed by atoms with Crippen LogP contribution in [0.4, 0.5) is 0 Å². The number of sulfone groups is 1. The molecule has 0 aliphatic carbocycles. The molecule has 6 heteroatoms. The van der Waals surface area contributed by atoms with Gasteiger partial charge < -0.3 is 9.52 Å². The third-order valence-corrected chi connectivity index (χ3v) is 4.42. The van der Waals surface area contributed by atoms with E-state index in [2.05, 4.69) is 4.98 Å². The molecule has 2 atom stereocenters. The molecule has 1 aliphatic rings. The van der Waals surface area contributed by atoms with Crippen molar-refractivity contribution in [2.75, 3.05) is 11.5 Å². The van der Waals surface area contributed by atoms with E-state index in [1.165, 1.54) is 0 Å². The van der Waals surface area contributed by atoms with Gasteiger partial charge in [-0.2, -0.15) is 0 Å². The Morgan fingerprint density at radius 1 is 1.69 bits per heavy atom. The lowest BCUT2D eigenvalue weighted by Crippen LogP contribution is -2.04. The Morgan fingerprint density at radius 3 is 3.00 bits per heavy atom. The molecule has 2 heterocycles. The smallest absolute Gasteiger partial charge is 0.198 e. The average molecular weight is 245 g/mol. The van der Waals surface area contributed by atoms with Gasteiger partial charge in [0.1, 0.15) is 5.76 Å². The molecule has 90 valence electrons. The predicted molar refractivity (Wildman–Crippen MR) is 57.9 cm³/mol. The van der Waals surface area contributed by atoms with Gasteiger partial charge in [0.25, 0.3) is 0 Å². The van der Waals surface area contributed by atoms with E-state index >= 15 is 0 Å². The molecule has 0 amide bonds. The summed E-state index contributed by atoms with van der Waals surface area (Å²) in [6.45, 7) is 1.67. The van der Waals surface area contributed by atoms with Gasteiger partial charge in [0.2, 0.25) is 0 Å². The number of hydrogen-bond donors (Lipinski definition) is 1. The molecular weight excluding hydrogens is 230 g/mol. The van der Waals surface area contributed by atoms with Gasteiger partial charge in [0.15, 0.2) is 15.7 Å². The molecule has 1 aromatic rings. The largest absolute Gasteiger partial charge is 0.445 e. The van der Waals surface area contributed by atoms with Crippen molar-refractivity contribution in [1.82, 2.24) is 4.98 Å². The lowest BCUT2D eigenvalue weighted by molar-refractivity contribution is 0.186. The minimum atomic E-state index is -2.91. The Morgan fingerprint density at radius 2 is 2.44 bits per heavy atom. The molecule has 1 aromatic heterocycles. The topological polar surface area (TPSA) is 80.4 Å². The van der Waals surface area contributed by atoms with E-state index in [1.807, 2.05) is 0 Å². The van der Waals surface area contributed by atoms with Crippen LogP contribution in [-0.4, -0.2) is 36.1 Å². The van der Waals surface area contributed by atoms with Crippen LogP contribution in [0.15, 0.2) is 10.6 Å². The van der Waals surface area contributed by atoms with Crippen LogP contribution in [-0.2, 0) is 16.3 Å². The molecule has 2 rings (SSSR count). The van der Waals surface area contributed by atoms with Gasteiger partial charge in [-0.05, 0) is 13.3 Å². The number of nitrogens with zero attached hydrogens (tertiary/aromatic N) is 1. The molecule has 0 radical (unpaired) electrons. The molecule has 1 saturated heterocycles. The van der Waals surface area contributed by atoms with E-state index < -0.39 is 15.9 Å². The van der Waals surface area contributed by atoms with E-state index in [4.69, 9.17) is 4.42 Å². The van der Waals surface area contributed by atoms with Crippen LogP contribution in [0.5, 0.6) is 0 Å². The van der Waals surface area contributed by atoms with Crippen LogP contribution in [0.25, 0.3) is 0 Å². The van der Waals surface area contributed by atoms with Crippen molar-refractivity contribution in [2.24, 2.45) is 0 Å². The molecule has 0 bridgehead atoms. The summed E-state index contributed by atoms with van der Waals surface area (Å²) in [4.78, 5) is 4.07. The van der Waals surface area contributed by atoms with Crippen molar-refractivity contribution >= 4 is 9.84 Å². The summed E-state index contributed by atoms with van der Waals surface area (Å²) in [6.07, 6.45) is 2.07. The molecule has 1 N–H and O–H groups in total. The van der Waals surface area contributed by atoms with Crippen LogP contribution in [0, 0.1) is 0 Å². The van der Waals surface area contributed by atoms with Gasteiger partial charge in [-0.1, -0.05) is 0 Å². The first kappa shape index (κ1) is 11.6. The zero-order valence-electron chi connectivity index (χ0n) is 9.09. The molecular formula is C10H15NO4S. The van der Waals surface area contributed by atoms with Crippen LogP contribution >= 0.6 is 0 Å². The number of aliphatic hydroxyl groups is 1. The number of rotatable bonds is 3. The monoisotopic (exact) mass is 245 g/mol. The molecule has 5 nitrogen and oxygen atoms in total. The number of oxazole rings is 1. The highest BCUT2D eigenvalue weighted by atomic mass is 32.2. The maximum absolute atomic E-state index is 11.3. The summed E-state index contributed by atoms with van der Waals surface area (Å²) < 4.78 is 28.0. The summed E-state index contributed by atoms with van der Waals surface area (Å²) in [7, 11) is -2.91. The Hall–Kier alpha value is -0.880. The first-order valence-electron chi connectivity index (χ1n) is 5.29. The fourth-order valence-corrected chi connectivity index (χ4v) is 3.62. The lowest BCUT2D eigenvalue weighted by Gasteiger charge is -2.01. The van der Waals surface area contributed by atoms with Crippen LogP contribution < -0.4 is 0 Å². The van der Waals surface area contributed by atoms with Gasteiger partial charge in [-0.15, -0.1) is 0 Å². The maximum Gasteiger partial charge on any atom is 0.198 e. The summed E-state index contributed by atoms with van der Waals surface area (Å²) in [5.41, 5.74) is 0. The normalized spacial score (nSPS) is 25.8. The Labute approximate surface area is 94.4 Å². The average Bonchev–Trinajstić information content (AvgIpc) is 2.71. The van der Waals surface area contributed by atoms with Crippen molar-refractivity contribution in [2.45, 2.75) is 31.8 Å². The van der Waals surface area contributed by atoms with Crippen molar-refractivity contribution < 1.29 is 17.9 Å². The van der Waals surface area contributed by atoms with Crippen molar-refractivity contribution in [3.8, 4) is 0 Å². The van der Waals surface area contributed by atoms with Gasteiger partial charge >= 0.3 is 0 Å². The third-order valence-electron chi connectivity index (χ3n) is 2.65. The predicted octanol–water partition coefficient (Wildman–Crippen LogP) is 0.500. The minimum Gasteiger partial charge on any atom is -0.445 e. The second-order valence-corrected chi connectivity index (χ2v) is 6.55. The van der Waals surface area contributed by atoms with E-state index in [1.54, 1.807) is 13.1 Å². The summed E-state index contributed by atoms with van der Waals surface area (Å²) in [5, 5.41) is 9.18. The highest BCUT2D eigenvalue weighted by molar-refractivity contribution is 7.91. The van der Waals surface area contributed by atoms with Crippen LogP contribution in [0.1, 0.15) is 30.9 Å². The highest BCUT2D eigenvalue weighted by Crippen LogP contribution is 2.28. The third kappa shape index (κ3) is 2.62. The molecule has 2 unspecified atom stereocenters. The number of hydrogen-bond acceptors (Lipinski definition) is 5. The van der Waals surface area contributed by atoms with Gasteiger partial charge in [0, 0.05) is 6.42 Å². The number of aliphatic hydroxyl groups excluding tert-OH is 1. The Balaban J connectivity index is 2.08. The second kappa shape index (κ2) is 4.18. The van der Waals surface area contributed by atoms with E-state index in [0.717, 1.165) is 0 Å². The fourth-order valence-electron chi connectivity index (χ4n) is 1.89. The van der Waals surface area contributed by atoms with Gasteiger partial charge in [0.05, 0.1) is 29.7 Å². The minimum absolute atomic E-state index is 0.118. The first-order chi connectivity index (χ1) is 7.46. The maximum atomic E-state index is 11.3. The zero-order valence-corrected chi connectivity index (χ0v) is 9.90. The number of aromatic nitrogens is 1. The first-order valence-corrected chi connectivity index (χ1v) is 7.11. The summed E-state index contributed by atoms with van der Waals surface area (Å²) in [5.74, 6) is 1.31. The highest BCUT2D eigenvalue weighted by Gasteiger charge is 2.32. The SMILES string of the molecule is CC(O)Cc1cnc(C2CCS(=O)(=O)C2)o1. The van der Waals surface area contributed by atoms with Gasteiger partial charge in [-0.25, -0.2) is 13.4 Å². The molecule has 1 fully saturated rings. The molecule has 0 saturated carbocycles. The summed E-state index contributed by atoms with van der Waals surface area (Å²) in [6, 6.07) is 0. The van der Waals surface area contributed by atoms with Crippen molar-refractivity contribution in [3.05, 3.63) is 17.8 Å². The standard InChI is InChI=1S/C10H15NO4S/c1-7(12)4-9-5-11-10(15-9)8-2-3-16(13,14)6-8/h5,7-8,12H,2-4,6H2,1H3. The molecule has 0 spiro atoms. The zero-order chi connectivity index (χ0) is 11.8. The fraction of sp³-hybridized carbons (Fsp3) is 0.700. The van der Waals surface area contributed by atoms with Gasteiger partial charge in [-0.3, -0.25) is 0 Å².